The molecule has 0 saturated heterocycles. The molecule has 0 heterocycles. The Labute approximate surface area is 96.5 Å². The minimum Gasteiger partial charge on any atom is -0.480 e. The molecule has 88 valence electrons. The largest absolute Gasteiger partial charge is 0.480 e. The first-order valence-electron chi connectivity index (χ1n) is 5.55. The first-order chi connectivity index (χ1) is 7.45. The van der Waals surface area contributed by atoms with Crippen LogP contribution in [0.4, 0.5) is 5.69 Å². The second kappa shape index (κ2) is 5.01. The molecule has 0 unspecified atom stereocenters. The first-order valence-corrected chi connectivity index (χ1v) is 5.55. The van der Waals surface area contributed by atoms with Crippen molar-refractivity contribution in [3.05, 3.63) is 28.8 Å². The molecule has 3 nitrogen and oxygen atoms in total. The molecule has 0 aliphatic rings. The van der Waals surface area contributed by atoms with Crippen molar-refractivity contribution in [3.63, 3.8) is 0 Å². The highest BCUT2D eigenvalue weighted by Crippen LogP contribution is 2.24. The average Bonchev–Trinajstić information content (AvgIpc) is 2.21. The molecule has 1 atom stereocenters. The van der Waals surface area contributed by atoms with Gasteiger partial charge in [0.15, 0.2) is 0 Å². The van der Waals surface area contributed by atoms with Gasteiger partial charge in [-0.1, -0.05) is 24.6 Å². The van der Waals surface area contributed by atoms with Crippen LogP contribution in [-0.4, -0.2) is 17.1 Å². The molecular formula is C13H19NO2. The lowest BCUT2D eigenvalue weighted by Gasteiger charge is -2.17. The van der Waals surface area contributed by atoms with Crippen molar-refractivity contribution < 1.29 is 9.90 Å². The van der Waals surface area contributed by atoms with Crippen molar-refractivity contribution in [2.75, 3.05) is 5.32 Å². The number of nitrogens with one attached hydrogen (secondary N) is 1. The Morgan fingerprint density at radius 1 is 1.44 bits per heavy atom. The predicted octanol–water partition coefficient (Wildman–Crippen LogP) is 2.75. The number of hydrogen-bond acceptors (Lipinski definition) is 2. The topological polar surface area (TPSA) is 49.3 Å². The summed E-state index contributed by atoms with van der Waals surface area (Å²) in [6, 6.07) is 3.60. The van der Waals surface area contributed by atoms with E-state index in [4.69, 9.17) is 5.11 Å². The third-order valence-corrected chi connectivity index (χ3v) is 2.67. The van der Waals surface area contributed by atoms with E-state index in [1.807, 2.05) is 6.92 Å². The summed E-state index contributed by atoms with van der Waals surface area (Å²) >= 11 is 0. The quantitative estimate of drug-likeness (QED) is 0.822. The van der Waals surface area contributed by atoms with Gasteiger partial charge in [0.05, 0.1) is 0 Å². The van der Waals surface area contributed by atoms with Crippen LogP contribution in [0.5, 0.6) is 0 Å². The van der Waals surface area contributed by atoms with Crippen LogP contribution in [0, 0.1) is 13.8 Å². The fourth-order valence-electron chi connectivity index (χ4n) is 1.82. The van der Waals surface area contributed by atoms with Gasteiger partial charge in [-0.05, 0) is 38.3 Å². The highest BCUT2D eigenvalue weighted by Gasteiger charge is 2.13. The second-order valence-electron chi connectivity index (χ2n) is 4.17. The van der Waals surface area contributed by atoms with Crippen molar-refractivity contribution >= 4 is 11.7 Å². The van der Waals surface area contributed by atoms with E-state index < -0.39 is 12.0 Å². The minimum atomic E-state index is -0.831. The number of anilines is 1. The van der Waals surface area contributed by atoms with Crippen molar-refractivity contribution in [2.45, 2.75) is 40.2 Å². The molecule has 2 N–H and O–H groups in total. The zero-order chi connectivity index (χ0) is 12.3. The van der Waals surface area contributed by atoms with Gasteiger partial charge < -0.3 is 10.4 Å². The molecule has 0 radical (unpaired) electrons. The maximum absolute atomic E-state index is 10.8. The number of aliphatic carboxylic acids is 1. The van der Waals surface area contributed by atoms with E-state index in [9.17, 15) is 4.79 Å². The molecule has 1 rings (SSSR count). The number of carboxylic acid groups (broad SMARTS) is 1. The Balaban J connectivity index is 3.07. The maximum atomic E-state index is 10.8. The van der Waals surface area contributed by atoms with Crippen LogP contribution in [0.3, 0.4) is 0 Å². The number of carboxylic acids is 1. The lowest BCUT2D eigenvalue weighted by Crippen LogP contribution is -2.26. The minimum absolute atomic E-state index is 0.563. The lowest BCUT2D eigenvalue weighted by molar-refractivity contribution is -0.137. The van der Waals surface area contributed by atoms with Gasteiger partial charge in [-0.2, -0.15) is 0 Å². The molecule has 3 heteroatoms. The molecule has 0 fully saturated rings. The number of carbonyl (C=O) groups is 1. The molecule has 0 aliphatic heterocycles. The van der Waals surface area contributed by atoms with Crippen LogP contribution in [0.25, 0.3) is 0 Å². The van der Waals surface area contributed by atoms with Crippen molar-refractivity contribution in [1.29, 1.82) is 0 Å². The van der Waals surface area contributed by atoms with Gasteiger partial charge in [-0.3, -0.25) is 4.79 Å². The fraction of sp³-hybridized carbons (Fsp3) is 0.462. The molecule has 16 heavy (non-hydrogen) atoms. The summed E-state index contributed by atoms with van der Waals surface area (Å²) in [6.45, 7) is 7.78. The Morgan fingerprint density at radius 3 is 2.56 bits per heavy atom. The molecule has 0 aromatic heterocycles. The van der Waals surface area contributed by atoms with Gasteiger partial charge in [0.1, 0.15) is 6.04 Å². The second-order valence-corrected chi connectivity index (χ2v) is 4.17. The van der Waals surface area contributed by atoms with Gasteiger partial charge >= 0.3 is 5.97 Å². The summed E-state index contributed by atoms with van der Waals surface area (Å²) < 4.78 is 0. The Morgan fingerprint density at radius 2 is 2.06 bits per heavy atom. The standard InChI is InChI=1S/C13H19NO2/c1-5-11-7-8(2)6-9(3)12(11)14-10(4)13(15)16/h6-7,10,14H,5H2,1-4H3,(H,15,16)/t10-/m0/s1. The SMILES string of the molecule is CCc1cc(C)cc(C)c1N[C@@H](C)C(=O)O. The third kappa shape index (κ3) is 2.75. The van der Waals surface area contributed by atoms with Crippen LogP contribution in [0.2, 0.25) is 0 Å². The molecule has 0 bridgehead atoms. The summed E-state index contributed by atoms with van der Waals surface area (Å²) in [6.07, 6.45) is 0.900. The molecule has 0 spiro atoms. The number of hydrogen-bond donors (Lipinski definition) is 2. The van der Waals surface area contributed by atoms with Gasteiger partial charge in [0, 0.05) is 5.69 Å². The normalized spacial score (nSPS) is 12.2. The summed E-state index contributed by atoms with van der Waals surface area (Å²) in [4.78, 5) is 10.8. The zero-order valence-electron chi connectivity index (χ0n) is 10.3. The summed E-state index contributed by atoms with van der Waals surface area (Å²) in [5.74, 6) is -0.831. The van der Waals surface area contributed by atoms with Crippen LogP contribution in [0.15, 0.2) is 12.1 Å². The summed E-state index contributed by atoms with van der Waals surface area (Å²) in [5, 5.41) is 11.9. The highest BCUT2D eigenvalue weighted by atomic mass is 16.4. The van der Waals surface area contributed by atoms with Crippen LogP contribution < -0.4 is 5.32 Å². The van der Waals surface area contributed by atoms with Crippen molar-refractivity contribution in [1.82, 2.24) is 0 Å². The number of rotatable bonds is 4. The fourth-order valence-corrected chi connectivity index (χ4v) is 1.82. The highest BCUT2D eigenvalue weighted by molar-refractivity contribution is 5.78. The Bertz CT molecular complexity index is 399. The van der Waals surface area contributed by atoms with Gasteiger partial charge in [-0.15, -0.1) is 0 Å². The van der Waals surface area contributed by atoms with Crippen molar-refractivity contribution in [2.24, 2.45) is 0 Å². The van der Waals surface area contributed by atoms with Gasteiger partial charge in [0.25, 0.3) is 0 Å². The Kier molecular flexibility index (Phi) is 3.93. The predicted molar refractivity (Wildman–Crippen MR) is 66.0 cm³/mol. The van der Waals surface area contributed by atoms with E-state index in [1.54, 1.807) is 6.92 Å². The van der Waals surface area contributed by atoms with E-state index in [0.717, 1.165) is 17.7 Å². The van der Waals surface area contributed by atoms with Crippen LogP contribution >= 0.6 is 0 Å². The van der Waals surface area contributed by atoms with E-state index >= 15 is 0 Å². The van der Waals surface area contributed by atoms with Crippen molar-refractivity contribution in [3.8, 4) is 0 Å². The monoisotopic (exact) mass is 221 g/mol. The molecule has 1 aromatic rings. The molecule has 1 aromatic carbocycles. The average molecular weight is 221 g/mol. The van der Waals surface area contributed by atoms with E-state index in [2.05, 4.69) is 31.3 Å². The first kappa shape index (κ1) is 12.6. The smallest absolute Gasteiger partial charge is 0.325 e. The number of aryl methyl sites for hydroxylation is 3. The maximum Gasteiger partial charge on any atom is 0.325 e. The van der Waals surface area contributed by atoms with Crippen LogP contribution in [-0.2, 0) is 11.2 Å². The van der Waals surface area contributed by atoms with E-state index in [0.29, 0.717) is 0 Å². The molecule has 0 saturated carbocycles. The summed E-state index contributed by atoms with van der Waals surface area (Å²) in [7, 11) is 0. The lowest BCUT2D eigenvalue weighted by atomic mass is 10.0. The number of benzene rings is 1. The van der Waals surface area contributed by atoms with Gasteiger partial charge in [-0.25, -0.2) is 0 Å². The Hall–Kier alpha value is -1.51. The van der Waals surface area contributed by atoms with Crippen LogP contribution in [0.1, 0.15) is 30.5 Å². The summed E-state index contributed by atoms with van der Waals surface area (Å²) in [5.41, 5.74) is 4.45. The zero-order valence-corrected chi connectivity index (χ0v) is 10.3. The molecule has 0 amide bonds. The van der Waals surface area contributed by atoms with Gasteiger partial charge in [0.2, 0.25) is 0 Å². The van der Waals surface area contributed by atoms with E-state index in [1.165, 1.54) is 11.1 Å². The molecule has 0 aliphatic carbocycles. The van der Waals surface area contributed by atoms with E-state index in [-0.39, 0.29) is 0 Å². The molecular weight excluding hydrogens is 202 g/mol. The third-order valence-electron chi connectivity index (χ3n) is 2.67.